The van der Waals surface area contributed by atoms with Crippen LogP contribution >= 0.6 is 0 Å². The van der Waals surface area contributed by atoms with Gasteiger partial charge in [0, 0.05) is 45.1 Å². The van der Waals surface area contributed by atoms with Gasteiger partial charge in [-0.3, -0.25) is 19.3 Å². The Balaban J connectivity index is 0.00000101. The maximum Gasteiger partial charge on any atom is 0.290 e. The van der Waals surface area contributed by atoms with Gasteiger partial charge in [-0.1, -0.05) is 12.1 Å². The summed E-state index contributed by atoms with van der Waals surface area (Å²) in [7, 11) is 0. The SMILES string of the molecule is CC(=O)NC[C@@H]1CC[C@H](CC(=O)NCCc2cccc(F)c2)N1CC1CC1.O=CO. The standard InChI is InChI=1S/C21H30FN3O2.CH2O2/c1-15(26)24-13-20-8-7-19(25(20)14-17-5-6-17)12-21(27)23-10-9-16-3-2-4-18(22)11-16;2-1-3/h2-4,11,17,19-20H,5-10,12-14H2,1H3,(H,23,27)(H,24,26);1H,(H,2,3)/t19-,20+;/m1./s1. The van der Waals surface area contributed by atoms with Crippen LogP contribution in [0.5, 0.6) is 0 Å². The van der Waals surface area contributed by atoms with Crippen molar-refractivity contribution in [3.63, 3.8) is 0 Å². The molecule has 3 N–H and O–H groups in total. The lowest BCUT2D eigenvalue weighted by atomic mass is 10.1. The Hall–Kier alpha value is -2.48. The average Bonchev–Trinajstić information content (AvgIpc) is 3.43. The van der Waals surface area contributed by atoms with E-state index < -0.39 is 0 Å². The third kappa shape index (κ3) is 8.49. The first-order valence-electron chi connectivity index (χ1n) is 10.5. The van der Waals surface area contributed by atoms with Crippen LogP contribution in [0.1, 0.15) is 44.6 Å². The molecule has 2 amide bonds. The summed E-state index contributed by atoms with van der Waals surface area (Å²) in [6, 6.07) is 7.07. The van der Waals surface area contributed by atoms with Crippen molar-refractivity contribution in [1.82, 2.24) is 15.5 Å². The van der Waals surface area contributed by atoms with Crippen LogP contribution in [-0.2, 0) is 20.8 Å². The molecule has 0 aromatic heterocycles. The summed E-state index contributed by atoms with van der Waals surface area (Å²) in [5.74, 6) is 0.560. The minimum atomic E-state index is -0.250. The number of nitrogens with zero attached hydrogens (tertiary/aromatic N) is 1. The summed E-state index contributed by atoms with van der Waals surface area (Å²) in [5.41, 5.74) is 0.891. The van der Waals surface area contributed by atoms with Gasteiger partial charge in [0.25, 0.3) is 6.47 Å². The number of carboxylic acid groups (broad SMARTS) is 1. The second-order valence-electron chi connectivity index (χ2n) is 8.00. The average molecular weight is 422 g/mol. The molecule has 0 spiro atoms. The molecule has 1 aromatic rings. The smallest absolute Gasteiger partial charge is 0.290 e. The van der Waals surface area contributed by atoms with E-state index in [9.17, 15) is 14.0 Å². The molecule has 2 atom stereocenters. The van der Waals surface area contributed by atoms with E-state index in [1.54, 1.807) is 13.0 Å². The third-order valence-corrected chi connectivity index (χ3v) is 5.57. The molecule has 0 bridgehead atoms. The lowest BCUT2D eigenvalue weighted by Crippen LogP contribution is -2.45. The van der Waals surface area contributed by atoms with E-state index in [1.165, 1.54) is 25.0 Å². The van der Waals surface area contributed by atoms with Crippen LogP contribution in [0.2, 0.25) is 0 Å². The van der Waals surface area contributed by atoms with E-state index in [2.05, 4.69) is 15.5 Å². The molecule has 1 aliphatic heterocycles. The van der Waals surface area contributed by atoms with Crippen molar-refractivity contribution in [2.75, 3.05) is 19.6 Å². The first kappa shape index (κ1) is 23.8. The van der Waals surface area contributed by atoms with Crippen molar-refractivity contribution >= 4 is 18.3 Å². The number of carbonyl (C=O) groups excluding carboxylic acids is 2. The quantitative estimate of drug-likeness (QED) is 0.530. The summed E-state index contributed by atoms with van der Waals surface area (Å²) in [4.78, 5) is 34.4. The molecular weight excluding hydrogens is 389 g/mol. The highest BCUT2D eigenvalue weighted by molar-refractivity contribution is 5.76. The highest BCUT2D eigenvalue weighted by Crippen LogP contribution is 2.35. The number of nitrogens with one attached hydrogen (secondary N) is 2. The Labute approximate surface area is 177 Å². The van der Waals surface area contributed by atoms with Crippen LogP contribution in [-0.4, -0.2) is 60.0 Å². The van der Waals surface area contributed by atoms with Gasteiger partial charge in [-0.25, -0.2) is 4.39 Å². The number of amides is 2. The predicted octanol–water partition coefficient (Wildman–Crippen LogP) is 1.95. The number of rotatable bonds is 9. The first-order valence-corrected chi connectivity index (χ1v) is 10.5. The fourth-order valence-electron chi connectivity index (χ4n) is 3.94. The number of carbonyl (C=O) groups is 3. The number of likely N-dealkylation sites (tertiary alicyclic amines) is 1. The monoisotopic (exact) mass is 421 g/mol. The van der Waals surface area contributed by atoms with E-state index in [-0.39, 0.29) is 30.1 Å². The largest absolute Gasteiger partial charge is 0.483 e. The Morgan fingerprint density at radius 2 is 1.90 bits per heavy atom. The molecule has 0 radical (unpaired) electrons. The van der Waals surface area contributed by atoms with Crippen molar-refractivity contribution in [1.29, 1.82) is 0 Å². The highest BCUT2D eigenvalue weighted by atomic mass is 19.1. The molecule has 1 saturated carbocycles. The van der Waals surface area contributed by atoms with Gasteiger partial charge in [-0.2, -0.15) is 0 Å². The normalized spacial score (nSPS) is 20.7. The lowest BCUT2D eigenvalue weighted by molar-refractivity contribution is -0.123. The minimum Gasteiger partial charge on any atom is -0.483 e. The van der Waals surface area contributed by atoms with Gasteiger partial charge in [0.2, 0.25) is 11.8 Å². The van der Waals surface area contributed by atoms with Crippen molar-refractivity contribution in [2.24, 2.45) is 5.92 Å². The van der Waals surface area contributed by atoms with Crippen LogP contribution in [0.25, 0.3) is 0 Å². The van der Waals surface area contributed by atoms with Gasteiger partial charge in [0.1, 0.15) is 5.82 Å². The highest BCUT2D eigenvalue weighted by Gasteiger charge is 2.37. The van der Waals surface area contributed by atoms with E-state index in [4.69, 9.17) is 9.90 Å². The Morgan fingerprint density at radius 3 is 2.53 bits per heavy atom. The molecule has 1 saturated heterocycles. The van der Waals surface area contributed by atoms with Crippen LogP contribution in [0, 0.1) is 11.7 Å². The molecule has 8 heteroatoms. The summed E-state index contributed by atoms with van der Waals surface area (Å²) in [5, 5.41) is 12.8. The van der Waals surface area contributed by atoms with Crippen molar-refractivity contribution in [3.05, 3.63) is 35.6 Å². The molecule has 2 aliphatic rings. The van der Waals surface area contributed by atoms with Gasteiger partial charge in [0.05, 0.1) is 0 Å². The molecule has 0 unspecified atom stereocenters. The summed E-state index contributed by atoms with van der Waals surface area (Å²) in [6.07, 6.45) is 5.69. The van der Waals surface area contributed by atoms with Gasteiger partial charge < -0.3 is 15.7 Å². The summed E-state index contributed by atoms with van der Waals surface area (Å²) < 4.78 is 13.2. The molecule has 1 aliphatic carbocycles. The maximum atomic E-state index is 13.2. The Bertz CT molecular complexity index is 711. The van der Waals surface area contributed by atoms with Crippen LogP contribution in [0.4, 0.5) is 4.39 Å². The van der Waals surface area contributed by atoms with Gasteiger partial charge in [-0.05, 0) is 55.7 Å². The van der Waals surface area contributed by atoms with Crippen LogP contribution < -0.4 is 10.6 Å². The zero-order chi connectivity index (χ0) is 21.9. The molecular formula is C22H32FN3O4. The third-order valence-electron chi connectivity index (χ3n) is 5.57. The van der Waals surface area contributed by atoms with E-state index >= 15 is 0 Å². The van der Waals surface area contributed by atoms with Gasteiger partial charge in [0.15, 0.2) is 0 Å². The molecule has 166 valence electrons. The molecule has 2 fully saturated rings. The second kappa shape index (κ2) is 12.3. The van der Waals surface area contributed by atoms with E-state index in [0.29, 0.717) is 32.0 Å². The molecule has 1 aromatic carbocycles. The van der Waals surface area contributed by atoms with Crippen LogP contribution in [0.3, 0.4) is 0 Å². The van der Waals surface area contributed by atoms with E-state index in [0.717, 1.165) is 30.9 Å². The van der Waals surface area contributed by atoms with Crippen molar-refractivity contribution in [3.8, 4) is 0 Å². The van der Waals surface area contributed by atoms with Crippen molar-refractivity contribution in [2.45, 2.75) is 57.5 Å². The predicted molar refractivity (Wildman–Crippen MR) is 111 cm³/mol. The topological polar surface area (TPSA) is 98.7 Å². The Morgan fingerprint density at radius 1 is 1.20 bits per heavy atom. The molecule has 7 nitrogen and oxygen atoms in total. The summed E-state index contributed by atoms with van der Waals surface area (Å²) >= 11 is 0. The lowest BCUT2D eigenvalue weighted by Gasteiger charge is -2.30. The zero-order valence-electron chi connectivity index (χ0n) is 17.5. The number of benzene rings is 1. The number of hydrogen-bond acceptors (Lipinski definition) is 4. The minimum absolute atomic E-state index is 0.0000799. The van der Waals surface area contributed by atoms with Crippen molar-refractivity contribution < 1.29 is 23.9 Å². The molecule has 1 heterocycles. The molecule has 30 heavy (non-hydrogen) atoms. The Kier molecular flexibility index (Phi) is 9.73. The fourth-order valence-corrected chi connectivity index (χ4v) is 3.94. The maximum absolute atomic E-state index is 13.2. The molecule has 3 rings (SSSR count). The van der Waals surface area contributed by atoms with Crippen LogP contribution in [0.15, 0.2) is 24.3 Å². The second-order valence-corrected chi connectivity index (χ2v) is 8.00. The summed E-state index contributed by atoms with van der Waals surface area (Å²) in [6.45, 7) is 3.52. The fraction of sp³-hybridized carbons (Fsp3) is 0.591. The van der Waals surface area contributed by atoms with Gasteiger partial charge >= 0.3 is 0 Å². The van der Waals surface area contributed by atoms with E-state index in [1.807, 2.05) is 6.07 Å². The number of hydrogen-bond donors (Lipinski definition) is 3. The first-order chi connectivity index (χ1) is 14.4. The van der Waals surface area contributed by atoms with Gasteiger partial charge in [-0.15, -0.1) is 0 Å². The zero-order valence-corrected chi connectivity index (χ0v) is 17.5. The number of halogens is 1.